The van der Waals surface area contributed by atoms with Gasteiger partial charge in [0.1, 0.15) is 0 Å². The first-order valence-electron chi connectivity index (χ1n) is 34.8. The van der Waals surface area contributed by atoms with Gasteiger partial charge >= 0.3 is 5.97 Å². The Morgan fingerprint density at radius 1 is 0.320 bits per heavy atom. The van der Waals surface area contributed by atoms with Crippen LogP contribution in [0.2, 0.25) is 0 Å². The minimum atomic E-state index is -0.661. The summed E-state index contributed by atoms with van der Waals surface area (Å²) in [5, 5.41) is 23.3. The Labute approximate surface area is 470 Å². The molecule has 0 rings (SSSR count). The predicted octanol–water partition coefficient (Wildman–Crippen LogP) is 22.2. The number of aliphatic hydroxyl groups is 2. The highest BCUT2D eigenvalue weighted by atomic mass is 16.5. The van der Waals surface area contributed by atoms with E-state index in [9.17, 15) is 19.8 Å². The molecule has 0 aromatic carbocycles. The van der Waals surface area contributed by atoms with Gasteiger partial charge in [0.2, 0.25) is 5.91 Å². The number of amides is 1. The molecule has 6 nitrogen and oxygen atoms in total. The van der Waals surface area contributed by atoms with Gasteiger partial charge < -0.3 is 20.3 Å². The molecule has 448 valence electrons. The average Bonchev–Trinajstić information content (AvgIpc) is 3.41. The molecule has 0 fully saturated rings. The van der Waals surface area contributed by atoms with E-state index in [-0.39, 0.29) is 18.5 Å². The van der Waals surface area contributed by atoms with Gasteiger partial charge in [-0.3, -0.25) is 9.59 Å². The van der Waals surface area contributed by atoms with E-state index in [0.29, 0.717) is 25.9 Å². The summed E-state index contributed by atoms with van der Waals surface area (Å²) in [6.07, 6.45) is 78.6. The Hall–Kier alpha value is -1.14. The number of hydrogen-bond acceptors (Lipinski definition) is 5. The summed E-state index contributed by atoms with van der Waals surface area (Å²) in [5.74, 6) is -0.00570. The maximum Gasteiger partial charge on any atom is 0.305 e. The molecule has 0 aliphatic carbocycles. The molecule has 0 saturated carbocycles. The second-order valence-electron chi connectivity index (χ2n) is 24.2. The number of rotatable bonds is 66. The summed E-state index contributed by atoms with van der Waals surface area (Å²) in [4.78, 5) is 24.6. The van der Waals surface area contributed by atoms with Crippen LogP contribution in [-0.4, -0.2) is 47.4 Å². The molecule has 6 heteroatoms. The quantitative estimate of drug-likeness (QED) is 0.0417. The molecule has 0 radical (unpaired) electrons. The SMILES string of the molecule is CCCCCCCCCCCCCCCCCCCC(=O)OCCCCCCCCCCCCCCCCCCCCCCCCCCCCCC(=O)NC(CO)C(O)CCCCCCCCCCCCCCCC. The fourth-order valence-corrected chi connectivity index (χ4v) is 11.4. The number of carbonyl (C=O) groups excluding carboxylic acids is 2. The minimum absolute atomic E-state index is 0.0233. The Balaban J connectivity index is 3.31. The van der Waals surface area contributed by atoms with Gasteiger partial charge in [0.15, 0.2) is 0 Å². The number of carbonyl (C=O) groups is 2. The van der Waals surface area contributed by atoms with Crippen molar-refractivity contribution in [3.8, 4) is 0 Å². The fourth-order valence-electron chi connectivity index (χ4n) is 11.4. The number of esters is 1. The van der Waals surface area contributed by atoms with Gasteiger partial charge in [-0.25, -0.2) is 0 Å². The molecule has 0 aliphatic rings. The molecule has 0 saturated heterocycles. The van der Waals surface area contributed by atoms with Crippen molar-refractivity contribution in [3.05, 3.63) is 0 Å². The number of nitrogens with one attached hydrogen (secondary N) is 1. The third-order valence-electron chi connectivity index (χ3n) is 16.7. The van der Waals surface area contributed by atoms with Crippen molar-refractivity contribution < 1.29 is 24.5 Å². The van der Waals surface area contributed by atoms with Crippen LogP contribution in [0.3, 0.4) is 0 Å². The van der Waals surface area contributed by atoms with Crippen molar-refractivity contribution in [2.75, 3.05) is 13.2 Å². The molecule has 0 aromatic rings. The lowest BCUT2D eigenvalue weighted by Crippen LogP contribution is -2.45. The van der Waals surface area contributed by atoms with Gasteiger partial charge in [-0.05, 0) is 25.7 Å². The van der Waals surface area contributed by atoms with E-state index in [4.69, 9.17) is 4.74 Å². The highest BCUT2D eigenvalue weighted by Gasteiger charge is 2.20. The van der Waals surface area contributed by atoms with Crippen LogP contribution < -0.4 is 5.32 Å². The van der Waals surface area contributed by atoms with Crippen molar-refractivity contribution in [3.63, 3.8) is 0 Å². The Kier molecular flexibility index (Phi) is 64.4. The smallest absolute Gasteiger partial charge is 0.305 e. The van der Waals surface area contributed by atoms with Gasteiger partial charge in [-0.1, -0.05) is 367 Å². The number of unbranched alkanes of at least 4 members (excludes halogenated alkanes) is 55. The van der Waals surface area contributed by atoms with Crippen molar-refractivity contribution >= 4 is 11.9 Å². The van der Waals surface area contributed by atoms with Gasteiger partial charge in [0, 0.05) is 12.8 Å². The maximum atomic E-state index is 12.5. The maximum absolute atomic E-state index is 12.5. The number of ether oxygens (including phenoxy) is 1. The van der Waals surface area contributed by atoms with Crippen LogP contribution in [0.1, 0.15) is 406 Å². The first kappa shape index (κ1) is 73.9. The van der Waals surface area contributed by atoms with E-state index in [1.165, 1.54) is 334 Å². The first-order valence-corrected chi connectivity index (χ1v) is 34.8. The third kappa shape index (κ3) is 61.9. The van der Waals surface area contributed by atoms with E-state index in [2.05, 4.69) is 19.2 Å². The lowest BCUT2D eigenvalue weighted by molar-refractivity contribution is -0.143. The molecule has 0 spiro atoms. The zero-order valence-corrected chi connectivity index (χ0v) is 51.3. The fraction of sp³-hybridized carbons (Fsp3) is 0.971. The van der Waals surface area contributed by atoms with Crippen LogP contribution in [0.4, 0.5) is 0 Å². The molecule has 0 heterocycles. The molecule has 0 aromatic heterocycles. The van der Waals surface area contributed by atoms with Crippen LogP contribution in [0, 0.1) is 0 Å². The molecule has 75 heavy (non-hydrogen) atoms. The van der Waals surface area contributed by atoms with E-state index < -0.39 is 12.1 Å². The second-order valence-corrected chi connectivity index (χ2v) is 24.2. The van der Waals surface area contributed by atoms with Gasteiger partial charge in [0.25, 0.3) is 0 Å². The lowest BCUT2D eigenvalue weighted by atomic mass is 10.0. The minimum Gasteiger partial charge on any atom is -0.466 e. The molecule has 2 unspecified atom stereocenters. The molecular formula is C69H137NO5. The average molecular weight is 1060 g/mol. The largest absolute Gasteiger partial charge is 0.466 e. The lowest BCUT2D eigenvalue weighted by Gasteiger charge is -2.22. The van der Waals surface area contributed by atoms with E-state index in [1.807, 2.05) is 0 Å². The summed E-state index contributed by atoms with van der Waals surface area (Å²) in [5.41, 5.74) is 0. The summed E-state index contributed by atoms with van der Waals surface area (Å²) in [6, 6.07) is -0.538. The molecule has 3 N–H and O–H groups in total. The van der Waals surface area contributed by atoms with Crippen molar-refractivity contribution in [1.82, 2.24) is 5.32 Å². The van der Waals surface area contributed by atoms with Crippen LogP contribution in [0.15, 0.2) is 0 Å². The summed E-state index contributed by atoms with van der Waals surface area (Å²) >= 11 is 0. The summed E-state index contributed by atoms with van der Waals surface area (Å²) < 4.78 is 5.51. The van der Waals surface area contributed by atoms with E-state index in [1.54, 1.807) is 0 Å². The zero-order valence-electron chi connectivity index (χ0n) is 51.3. The molecule has 2 atom stereocenters. The summed E-state index contributed by atoms with van der Waals surface area (Å²) in [6.45, 7) is 5.00. The zero-order chi connectivity index (χ0) is 54.3. The highest BCUT2D eigenvalue weighted by molar-refractivity contribution is 5.76. The Morgan fingerprint density at radius 3 is 0.813 bits per heavy atom. The normalized spacial score (nSPS) is 12.4. The van der Waals surface area contributed by atoms with Crippen molar-refractivity contribution in [1.29, 1.82) is 0 Å². The van der Waals surface area contributed by atoms with Crippen LogP contribution in [0.25, 0.3) is 0 Å². The first-order chi connectivity index (χ1) is 37.0. The van der Waals surface area contributed by atoms with Gasteiger partial charge in [-0.2, -0.15) is 0 Å². The molecule has 1 amide bonds. The van der Waals surface area contributed by atoms with Crippen LogP contribution in [-0.2, 0) is 14.3 Å². The van der Waals surface area contributed by atoms with E-state index >= 15 is 0 Å². The predicted molar refractivity (Wildman–Crippen MR) is 329 cm³/mol. The van der Waals surface area contributed by atoms with Crippen LogP contribution in [0.5, 0.6) is 0 Å². The third-order valence-corrected chi connectivity index (χ3v) is 16.7. The second kappa shape index (κ2) is 65.4. The Bertz CT molecular complexity index is 1080. The number of hydrogen-bond donors (Lipinski definition) is 3. The van der Waals surface area contributed by atoms with Crippen LogP contribution >= 0.6 is 0 Å². The van der Waals surface area contributed by atoms with Gasteiger partial charge in [-0.15, -0.1) is 0 Å². The number of aliphatic hydroxyl groups excluding tert-OH is 2. The van der Waals surface area contributed by atoms with Crippen molar-refractivity contribution in [2.45, 2.75) is 418 Å². The monoisotopic (exact) mass is 1060 g/mol. The van der Waals surface area contributed by atoms with Gasteiger partial charge in [0.05, 0.1) is 25.4 Å². The van der Waals surface area contributed by atoms with E-state index in [0.717, 1.165) is 38.5 Å². The molecular weight excluding hydrogens is 923 g/mol. The molecule has 0 aliphatic heterocycles. The van der Waals surface area contributed by atoms with Crippen molar-refractivity contribution in [2.24, 2.45) is 0 Å². The topological polar surface area (TPSA) is 95.9 Å². The highest BCUT2D eigenvalue weighted by Crippen LogP contribution is 2.19. The summed E-state index contributed by atoms with van der Waals surface area (Å²) in [7, 11) is 0. The Morgan fingerprint density at radius 2 is 0.547 bits per heavy atom. The molecule has 0 bridgehead atoms. The standard InChI is InChI=1S/C69H137NO5/c1-3-5-7-9-11-13-15-17-19-31-35-39-43-47-51-55-59-63-69(74)75-64-60-56-52-48-44-40-36-33-30-28-26-24-22-20-21-23-25-27-29-32-34-38-42-46-50-54-58-62-68(73)70-66(65-71)67(72)61-57-53-49-45-41-37-18-16-14-12-10-8-6-4-2/h66-67,71-72H,3-65H2,1-2H3,(H,70,73).